The molecule has 1 aromatic carbocycles. The van der Waals surface area contributed by atoms with Crippen LogP contribution in [0.4, 0.5) is 0 Å². The average molecular weight is 333 g/mol. The standard InChI is InChI=1S/C19H31N3O2/c20-19(22-18-10-5-2-6-11-18)21-12-7-13-23-14-15-24-16-17-8-3-1-4-9-17/h1,3-4,8-9,18H,2,5-7,10-16H2,(H3,20,21,22). The lowest BCUT2D eigenvalue weighted by Gasteiger charge is -2.23. The van der Waals surface area contributed by atoms with Crippen molar-refractivity contribution in [3.05, 3.63) is 35.9 Å². The van der Waals surface area contributed by atoms with E-state index < -0.39 is 0 Å². The monoisotopic (exact) mass is 333 g/mol. The van der Waals surface area contributed by atoms with Crippen molar-refractivity contribution in [3.8, 4) is 0 Å². The highest BCUT2D eigenvalue weighted by Gasteiger charge is 2.12. The Labute approximate surface area is 145 Å². The van der Waals surface area contributed by atoms with E-state index in [-0.39, 0.29) is 0 Å². The molecular weight excluding hydrogens is 302 g/mol. The predicted molar refractivity (Wildman–Crippen MR) is 98.0 cm³/mol. The number of rotatable bonds is 10. The lowest BCUT2D eigenvalue weighted by atomic mass is 9.96. The topological polar surface area (TPSA) is 68.9 Å². The smallest absolute Gasteiger partial charge is 0.188 e. The van der Waals surface area contributed by atoms with Gasteiger partial charge in [0.2, 0.25) is 0 Å². The summed E-state index contributed by atoms with van der Waals surface area (Å²) in [6, 6.07) is 10.7. The molecule has 0 heterocycles. The van der Waals surface area contributed by atoms with Gasteiger partial charge in [0.1, 0.15) is 0 Å². The zero-order valence-electron chi connectivity index (χ0n) is 14.6. The summed E-state index contributed by atoms with van der Waals surface area (Å²) in [6.07, 6.45) is 7.24. The van der Waals surface area contributed by atoms with Crippen LogP contribution in [0.2, 0.25) is 0 Å². The third-order valence-corrected chi connectivity index (χ3v) is 4.17. The van der Waals surface area contributed by atoms with Crippen molar-refractivity contribution >= 4 is 5.96 Å². The van der Waals surface area contributed by atoms with Crippen molar-refractivity contribution in [2.75, 3.05) is 26.4 Å². The highest BCUT2D eigenvalue weighted by molar-refractivity contribution is 5.78. The lowest BCUT2D eigenvalue weighted by Crippen LogP contribution is -2.41. The molecule has 0 aliphatic heterocycles. The molecule has 0 amide bonds. The first-order valence-electron chi connectivity index (χ1n) is 9.10. The van der Waals surface area contributed by atoms with E-state index in [0.29, 0.717) is 45.0 Å². The van der Waals surface area contributed by atoms with Crippen molar-refractivity contribution in [2.24, 2.45) is 10.7 Å². The van der Waals surface area contributed by atoms with E-state index in [4.69, 9.17) is 15.2 Å². The molecule has 0 saturated heterocycles. The summed E-state index contributed by atoms with van der Waals surface area (Å²) in [4.78, 5) is 4.36. The number of hydrogen-bond acceptors (Lipinski definition) is 3. The molecular formula is C19H31N3O2. The number of nitrogens with zero attached hydrogens (tertiary/aromatic N) is 1. The fourth-order valence-electron chi connectivity index (χ4n) is 2.85. The van der Waals surface area contributed by atoms with Crippen LogP contribution in [0.5, 0.6) is 0 Å². The van der Waals surface area contributed by atoms with Gasteiger partial charge in [-0.1, -0.05) is 49.6 Å². The summed E-state index contributed by atoms with van der Waals surface area (Å²) in [5, 5.41) is 3.32. The molecule has 1 aliphatic rings. The van der Waals surface area contributed by atoms with Crippen LogP contribution in [0.15, 0.2) is 35.3 Å². The molecule has 0 spiro atoms. The van der Waals surface area contributed by atoms with Crippen LogP contribution in [0.1, 0.15) is 44.1 Å². The van der Waals surface area contributed by atoms with Crippen LogP contribution in [0, 0.1) is 0 Å². The number of hydrogen-bond donors (Lipinski definition) is 2. The highest BCUT2D eigenvalue weighted by Crippen LogP contribution is 2.16. The Hall–Kier alpha value is -1.59. The summed E-state index contributed by atoms with van der Waals surface area (Å²) >= 11 is 0. The van der Waals surface area contributed by atoms with Crippen molar-refractivity contribution in [2.45, 2.75) is 51.2 Å². The number of nitrogens with one attached hydrogen (secondary N) is 1. The number of aliphatic imine (C=N–C) groups is 1. The molecule has 134 valence electrons. The summed E-state index contributed by atoms with van der Waals surface area (Å²) in [6.45, 7) is 3.26. The third kappa shape index (κ3) is 8.31. The second-order valence-corrected chi connectivity index (χ2v) is 6.25. The molecule has 5 nitrogen and oxygen atoms in total. The molecule has 2 rings (SSSR count). The van der Waals surface area contributed by atoms with Gasteiger partial charge in [0.25, 0.3) is 0 Å². The van der Waals surface area contributed by atoms with Gasteiger partial charge in [0.15, 0.2) is 5.96 Å². The first kappa shape index (κ1) is 18.7. The molecule has 0 bridgehead atoms. The maximum atomic E-state index is 5.92. The van der Waals surface area contributed by atoms with Gasteiger partial charge in [-0.15, -0.1) is 0 Å². The van der Waals surface area contributed by atoms with Gasteiger partial charge in [-0.3, -0.25) is 4.99 Å². The zero-order valence-corrected chi connectivity index (χ0v) is 14.6. The quantitative estimate of drug-likeness (QED) is 0.392. The highest BCUT2D eigenvalue weighted by atomic mass is 16.5. The number of guanidine groups is 1. The summed E-state index contributed by atoms with van der Waals surface area (Å²) in [7, 11) is 0. The van der Waals surface area contributed by atoms with Gasteiger partial charge in [-0.05, 0) is 24.8 Å². The minimum absolute atomic E-state index is 0.514. The lowest BCUT2D eigenvalue weighted by molar-refractivity contribution is 0.0403. The maximum Gasteiger partial charge on any atom is 0.188 e. The Morgan fingerprint density at radius 3 is 2.58 bits per heavy atom. The maximum absolute atomic E-state index is 5.92. The molecule has 5 heteroatoms. The SMILES string of the molecule is NC(=NCCCOCCOCc1ccccc1)NC1CCCCC1. The minimum Gasteiger partial charge on any atom is -0.379 e. The van der Waals surface area contributed by atoms with Crippen molar-refractivity contribution in [1.29, 1.82) is 0 Å². The van der Waals surface area contributed by atoms with Gasteiger partial charge < -0.3 is 20.5 Å². The molecule has 3 N–H and O–H groups in total. The fourth-order valence-corrected chi connectivity index (χ4v) is 2.85. The van der Waals surface area contributed by atoms with E-state index in [2.05, 4.69) is 22.4 Å². The van der Waals surface area contributed by atoms with E-state index in [1.165, 1.54) is 37.7 Å². The Balaban J connectivity index is 1.41. The van der Waals surface area contributed by atoms with Gasteiger partial charge >= 0.3 is 0 Å². The largest absolute Gasteiger partial charge is 0.379 e. The molecule has 1 aliphatic carbocycles. The van der Waals surface area contributed by atoms with Crippen LogP contribution in [0.3, 0.4) is 0 Å². The minimum atomic E-state index is 0.514. The molecule has 0 unspecified atom stereocenters. The van der Waals surface area contributed by atoms with Crippen LogP contribution < -0.4 is 11.1 Å². The van der Waals surface area contributed by atoms with Crippen LogP contribution in [0.25, 0.3) is 0 Å². The Bertz CT molecular complexity index is 459. The van der Waals surface area contributed by atoms with Crippen LogP contribution in [-0.4, -0.2) is 38.4 Å². The molecule has 24 heavy (non-hydrogen) atoms. The second kappa shape index (κ2) is 11.9. The zero-order chi connectivity index (χ0) is 16.9. The molecule has 1 saturated carbocycles. The van der Waals surface area contributed by atoms with Gasteiger partial charge in [-0.2, -0.15) is 0 Å². The molecule has 1 fully saturated rings. The first-order chi connectivity index (χ1) is 11.8. The van der Waals surface area contributed by atoms with Gasteiger partial charge in [0, 0.05) is 19.2 Å². The molecule has 1 aromatic rings. The Morgan fingerprint density at radius 2 is 1.79 bits per heavy atom. The van der Waals surface area contributed by atoms with Crippen molar-refractivity contribution < 1.29 is 9.47 Å². The van der Waals surface area contributed by atoms with E-state index in [1.54, 1.807) is 0 Å². The average Bonchev–Trinajstić information content (AvgIpc) is 2.62. The predicted octanol–water partition coefficient (Wildman–Crippen LogP) is 2.85. The van der Waals surface area contributed by atoms with Gasteiger partial charge in [0.05, 0.1) is 19.8 Å². The fraction of sp³-hybridized carbons (Fsp3) is 0.632. The number of ether oxygens (including phenoxy) is 2. The van der Waals surface area contributed by atoms with Crippen molar-refractivity contribution in [3.63, 3.8) is 0 Å². The van der Waals surface area contributed by atoms with Crippen LogP contribution >= 0.6 is 0 Å². The van der Waals surface area contributed by atoms with Crippen molar-refractivity contribution in [1.82, 2.24) is 5.32 Å². The molecule has 0 aromatic heterocycles. The normalized spacial score (nSPS) is 16.2. The Morgan fingerprint density at radius 1 is 1.04 bits per heavy atom. The number of benzene rings is 1. The second-order valence-electron chi connectivity index (χ2n) is 6.25. The third-order valence-electron chi connectivity index (χ3n) is 4.17. The van der Waals surface area contributed by atoms with Gasteiger partial charge in [-0.25, -0.2) is 0 Å². The van der Waals surface area contributed by atoms with E-state index in [9.17, 15) is 0 Å². The Kier molecular flexibility index (Phi) is 9.27. The van der Waals surface area contributed by atoms with Crippen LogP contribution in [-0.2, 0) is 16.1 Å². The molecule has 0 radical (unpaired) electrons. The first-order valence-corrected chi connectivity index (χ1v) is 9.10. The summed E-state index contributed by atoms with van der Waals surface area (Å²) in [5.41, 5.74) is 7.11. The van der Waals surface area contributed by atoms with E-state index in [0.717, 1.165) is 6.42 Å². The number of nitrogens with two attached hydrogens (primary N) is 1. The molecule has 0 atom stereocenters. The van der Waals surface area contributed by atoms with E-state index >= 15 is 0 Å². The summed E-state index contributed by atoms with van der Waals surface area (Å²) in [5.74, 6) is 0.577. The summed E-state index contributed by atoms with van der Waals surface area (Å²) < 4.78 is 11.1. The van der Waals surface area contributed by atoms with E-state index in [1.807, 2.05) is 18.2 Å².